The third kappa shape index (κ3) is 2.50. The Morgan fingerprint density at radius 2 is 1.75 bits per heavy atom. The van der Waals surface area contributed by atoms with Crippen molar-refractivity contribution in [2.75, 3.05) is 33.9 Å². The maximum Gasteiger partial charge on any atom is 0.161 e. The number of piperidine rings is 1. The molecule has 2 aliphatic heterocycles. The number of methoxy groups -OCH3 is 2. The predicted octanol–water partition coefficient (Wildman–Crippen LogP) is 2.33. The van der Waals surface area contributed by atoms with Crippen molar-refractivity contribution in [3.63, 3.8) is 0 Å². The number of fused-ring (bicyclic) bond motifs is 1. The first-order valence-electron chi connectivity index (χ1n) is 7.53. The molecule has 0 spiro atoms. The molecule has 0 bridgehead atoms. The van der Waals surface area contributed by atoms with Crippen molar-refractivity contribution in [3.8, 4) is 11.5 Å². The van der Waals surface area contributed by atoms with Crippen LogP contribution >= 0.6 is 0 Å². The summed E-state index contributed by atoms with van der Waals surface area (Å²) in [6, 6.07) is 4.77. The Morgan fingerprint density at radius 1 is 1.05 bits per heavy atom. The monoisotopic (exact) mass is 276 g/mol. The van der Waals surface area contributed by atoms with Crippen molar-refractivity contribution in [1.82, 2.24) is 10.2 Å². The predicted molar refractivity (Wildman–Crippen MR) is 79.4 cm³/mol. The van der Waals surface area contributed by atoms with Crippen LogP contribution in [0.1, 0.15) is 36.4 Å². The second kappa shape index (κ2) is 6.02. The van der Waals surface area contributed by atoms with Crippen molar-refractivity contribution in [3.05, 3.63) is 23.3 Å². The van der Waals surface area contributed by atoms with E-state index in [1.54, 1.807) is 14.2 Å². The van der Waals surface area contributed by atoms with Crippen LogP contribution in [-0.4, -0.2) is 38.8 Å². The van der Waals surface area contributed by atoms with Gasteiger partial charge in [-0.25, -0.2) is 0 Å². The number of likely N-dealkylation sites (tertiary alicyclic amines) is 1. The van der Waals surface area contributed by atoms with E-state index in [0.717, 1.165) is 24.6 Å². The summed E-state index contributed by atoms with van der Waals surface area (Å²) in [7, 11) is 3.41. The first kappa shape index (κ1) is 13.7. The highest BCUT2D eigenvalue weighted by atomic mass is 16.5. The standard InChI is InChI=1S/C16H24N2O2/c1-19-15-8-12-10-17-11-14(13(12)9-16(15)20-2)18-6-4-3-5-7-18/h8-9,14,17H,3-7,10-11H2,1-2H3/t14-/m1/s1. The van der Waals surface area contributed by atoms with Gasteiger partial charge in [-0.1, -0.05) is 6.42 Å². The summed E-state index contributed by atoms with van der Waals surface area (Å²) in [5.41, 5.74) is 2.74. The third-order valence-electron chi connectivity index (χ3n) is 4.49. The van der Waals surface area contributed by atoms with Gasteiger partial charge in [0.05, 0.1) is 14.2 Å². The summed E-state index contributed by atoms with van der Waals surface area (Å²) < 4.78 is 10.9. The smallest absolute Gasteiger partial charge is 0.161 e. The third-order valence-corrected chi connectivity index (χ3v) is 4.49. The van der Waals surface area contributed by atoms with E-state index in [1.165, 1.54) is 43.5 Å². The van der Waals surface area contributed by atoms with Crippen molar-refractivity contribution in [1.29, 1.82) is 0 Å². The molecule has 1 aromatic rings. The largest absolute Gasteiger partial charge is 0.493 e. The first-order valence-corrected chi connectivity index (χ1v) is 7.53. The normalized spacial score (nSPS) is 23.2. The Labute approximate surface area is 121 Å². The Kier molecular flexibility index (Phi) is 4.13. The van der Waals surface area contributed by atoms with E-state index in [-0.39, 0.29) is 0 Å². The molecule has 4 heteroatoms. The van der Waals surface area contributed by atoms with Gasteiger partial charge >= 0.3 is 0 Å². The molecule has 0 radical (unpaired) electrons. The van der Waals surface area contributed by atoms with Crippen LogP contribution in [0.3, 0.4) is 0 Å². The van der Waals surface area contributed by atoms with Gasteiger partial charge in [0.1, 0.15) is 0 Å². The Balaban J connectivity index is 1.94. The van der Waals surface area contributed by atoms with Crippen LogP contribution in [0.4, 0.5) is 0 Å². The first-order chi connectivity index (χ1) is 9.83. The van der Waals surface area contributed by atoms with Gasteiger partial charge in [-0.3, -0.25) is 4.90 Å². The van der Waals surface area contributed by atoms with E-state index in [4.69, 9.17) is 9.47 Å². The fourth-order valence-electron chi connectivity index (χ4n) is 3.41. The fraction of sp³-hybridized carbons (Fsp3) is 0.625. The van der Waals surface area contributed by atoms with E-state index in [0.29, 0.717) is 6.04 Å². The van der Waals surface area contributed by atoms with Crippen LogP contribution in [0.25, 0.3) is 0 Å². The van der Waals surface area contributed by atoms with Crippen LogP contribution in [0.2, 0.25) is 0 Å². The van der Waals surface area contributed by atoms with Gasteiger partial charge in [-0.05, 0) is 49.2 Å². The van der Waals surface area contributed by atoms with Gasteiger partial charge in [0.25, 0.3) is 0 Å². The van der Waals surface area contributed by atoms with E-state index in [9.17, 15) is 0 Å². The Morgan fingerprint density at radius 3 is 2.45 bits per heavy atom. The maximum atomic E-state index is 5.47. The number of hydrogen-bond donors (Lipinski definition) is 1. The van der Waals surface area contributed by atoms with Gasteiger partial charge in [0.15, 0.2) is 11.5 Å². The molecule has 0 amide bonds. The van der Waals surface area contributed by atoms with Gasteiger partial charge in [0.2, 0.25) is 0 Å². The Hall–Kier alpha value is -1.26. The van der Waals surface area contributed by atoms with Crippen LogP contribution in [0, 0.1) is 0 Å². The van der Waals surface area contributed by atoms with Crippen molar-refractivity contribution < 1.29 is 9.47 Å². The van der Waals surface area contributed by atoms with E-state index in [1.807, 2.05) is 0 Å². The summed E-state index contributed by atoms with van der Waals surface area (Å²) >= 11 is 0. The van der Waals surface area contributed by atoms with E-state index < -0.39 is 0 Å². The SMILES string of the molecule is COc1cc2c(cc1OC)[C@H](N1CCCCC1)CNC2. The lowest BCUT2D eigenvalue weighted by molar-refractivity contribution is 0.154. The topological polar surface area (TPSA) is 33.7 Å². The highest BCUT2D eigenvalue weighted by Gasteiger charge is 2.28. The van der Waals surface area contributed by atoms with E-state index in [2.05, 4.69) is 22.3 Å². The lowest BCUT2D eigenvalue weighted by atomic mass is 9.93. The second-order valence-corrected chi connectivity index (χ2v) is 5.65. The van der Waals surface area contributed by atoms with Gasteiger partial charge in [-0.15, -0.1) is 0 Å². The summed E-state index contributed by atoms with van der Waals surface area (Å²) in [4.78, 5) is 2.61. The summed E-state index contributed by atoms with van der Waals surface area (Å²) in [6.45, 7) is 4.36. The molecule has 1 atom stereocenters. The molecule has 0 aliphatic carbocycles. The zero-order valence-electron chi connectivity index (χ0n) is 12.4. The lowest BCUT2D eigenvalue weighted by Gasteiger charge is -2.38. The number of ether oxygens (including phenoxy) is 2. The molecule has 110 valence electrons. The van der Waals surface area contributed by atoms with Crippen molar-refractivity contribution in [2.45, 2.75) is 31.8 Å². The van der Waals surface area contributed by atoms with Crippen molar-refractivity contribution in [2.24, 2.45) is 0 Å². The number of nitrogens with one attached hydrogen (secondary N) is 1. The van der Waals surface area contributed by atoms with Gasteiger partial charge in [0, 0.05) is 19.1 Å². The lowest BCUT2D eigenvalue weighted by Crippen LogP contribution is -2.42. The number of nitrogens with zero attached hydrogens (tertiary/aromatic N) is 1. The molecule has 2 heterocycles. The maximum absolute atomic E-state index is 5.47. The summed E-state index contributed by atoms with van der Waals surface area (Å²) in [6.07, 6.45) is 4.01. The highest BCUT2D eigenvalue weighted by molar-refractivity contribution is 5.49. The molecular formula is C16H24N2O2. The second-order valence-electron chi connectivity index (χ2n) is 5.65. The van der Waals surface area contributed by atoms with Crippen molar-refractivity contribution >= 4 is 0 Å². The zero-order valence-corrected chi connectivity index (χ0v) is 12.4. The highest BCUT2D eigenvalue weighted by Crippen LogP contribution is 2.37. The molecular weight excluding hydrogens is 252 g/mol. The molecule has 1 N–H and O–H groups in total. The average molecular weight is 276 g/mol. The number of rotatable bonds is 3. The van der Waals surface area contributed by atoms with Crippen LogP contribution in [0.5, 0.6) is 11.5 Å². The quantitative estimate of drug-likeness (QED) is 0.919. The van der Waals surface area contributed by atoms with Gasteiger partial charge in [-0.2, -0.15) is 0 Å². The van der Waals surface area contributed by atoms with Gasteiger partial charge < -0.3 is 14.8 Å². The molecule has 0 saturated carbocycles. The van der Waals surface area contributed by atoms with E-state index >= 15 is 0 Å². The molecule has 4 nitrogen and oxygen atoms in total. The molecule has 1 saturated heterocycles. The molecule has 0 aromatic heterocycles. The summed E-state index contributed by atoms with van der Waals surface area (Å²) in [5, 5.41) is 3.54. The molecule has 3 rings (SSSR count). The molecule has 1 aromatic carbocycles. The number of benzene rings is 1. The Bertz CT molecular complexity index is 470. The van der Waals surface area contributed by atoms with Crippen LogP contribution < -0.4 is 14.8 Å². The summed E-state index contributed by atoms with van der Waals surface area (Å²) in [5.74, 6) is 1.67. The zero-order chi connectivity index (χ0) is 13.9. The molecule has 2 aliphatic rings. The molecule has 0 unspecified atom stereocenters. The fourth-order valence-corrected chi connectivity index (χ4v) is 3.41. The minimum atomic E-state index is 0.471. The minimum absolute atomic E-state index is 0.471. The molecule has 1 fully saturated rings. The van der Waals surface area contributed by atoms with Crippen LogP contribution in [0.15, 0.2) is 12.1 Å². The average Bonchev–Trinajstić information content (AvgIpc) is 2.53. The minimum Gasteiger partial charge on any atom is -0.493 e. The number of hydrogen-bond acceptors (Lipinski definition) is 4. The van der Waals surface area contributed by atoms with Crippen LogP contribution in [-0.2, 0) is 6.54 Å². The molecule has 20 heavy (non-hydrogen) atoms.